The van der Waals surface area contributed by atoms with Crippen molar-refractivity contribution in [3.63, 3.8) is 0 Å². The SMILES string of the molecule is CCCCN(CC)Cc1sc(CC)nc1C(=O)O. The van der Waals surface area contributed by atoms with Gasteiger partial charge in [-0.3, -0.25) is 4.90 Å². The van der Waals surface area contributed by atoms with E-state index in [1.54, 1.807) is 0 Å². The Morgan fingerprint density at radius 1 is 1.39 bits per heavy atom. The molecule has 5 heteroatoms. The van der Waals surface area contributed by atoms with Crippen molar-refractivity contribution in [1.29, 1.82) is 0 Å². The molecule has 1 N–H and O–H groups in total. The zero-order chi connectivity index (χ0) is 13.5. The van der Waals surface area contributed by atoms with E-state index in [1.165, 1.54) is 11.3 Å². The maximum atomic E-state index is 11.2. The van der Waals surface area contributed by atoms with Gasteiger partial charge in [-0.1, -0.05) is 27.2 Å². The average molecular weight is 270 g/mol. The van der Waals surface area contributed by atoms with Gasteiger partial charge in [-0.05, 0) is 25.9 Å². The summed E-state index contributed by atoms with van der Waals surface area (Å²) in [5, 5.41) is 10.1. The molecule has 0 aromatic carbocycles. The van der Waals surface area contributed by atoms with E-state index in [9.17, 15) is 4.79 Å². The zero-order valence-corrected chi connectivity index (χ0v) is 12.2. The molecule has 0 atom stereocenters. The maximum absolute atomic E-state index is 11.2. The third-order valence-electron chi connectivity index (χ3n) is 2.89. The monoisotopic (exact) mass is 270 g/mol. The molecule has 0 aliphatic heterocycles. The summed E-state index contributed by atoms with van der Waals surface area (Å²) in [4.78, 5) is 18.5. The molecule has 1 heterocycles. The highest BCUT2D eigenvalue weighted by atomic mass is 32.1. The smallest absolute Gasteiger partial charge is 0.355 e. The highest BCUT2D eigenvalue weighted by Crippen LogP contribution is 2.21. The molecule has 0 aliphatic rings. The van der Waals surface area contributed by atoms with E-state index in [0.29, 0.717) is 6.54 Å². The Morgan fingerprint density at radius 3 is 2.61 bits per heavy atom. The highest BCUT2D eigenvalue weighted by molar-refractivity contribution is 7.11. The van der Waals surface area contributed by atoms with Gasteiger partial charge in [0, 0.05) is 6.54 Å². The first kappa shape index (κ1) is 15.1. The number of carboxylic acid groups (broad SMARTS) is 1. The molecule has 1 aromatic rings. The largest absolute Gasteiger partial charge is 0.476 e. The molecule has 1 aromatic heterocycles. The predicted octanol–water partition coefficient (Wildman–Crippen LogP) is 3.03. The molecule has 0 saturated carbocycles. The Kier molecular flexibility index (Phi) is 6.29. The lowest BCUT2D eigenvalue weighted by atomic mass is 10.3. The van der Waals surface area contributed by atoms with Gasteiger partial charge >= 0.3 is 5.97 Å². The van der Waals surface area contributed by atoms with E-state index in [2.05, 4.69) is 23.7 Å². The molecule has 0 radical (unpaired) electrons. The molecule has 1 rings (SSSR count). The van der Waals surface area contributed by atoms with Gasteiger partial charge in [-0.2, -0.15) is 0 Å². The molecule has 18 heavy (non-hydrogen) atoms. The summed E-state index contributed by atoms with van der Waals surface area (Å²) >= 11 is 1.53. The average Bonchev–Trinajstić information content (AvgIpc) is 2.77. The van der Waals surface area contributed by atoms with Crippen LogP contribution in [-0.2, 0) is 13.0 Å². The van der Waals surface area contributed by atoms with Crippen LogP contribution in [0, 0.1) is 0 Å². The molecule has 0 fully saturated rings. The molecular weight excluding hydrogens is 248 g/mol. The van der Waals surface area contributed by atoms with Crippen molar-refractivity contribution in [3.05, 3.63) is 15.6 Å². The Bertz CT molecular complexity index is 390. The standard InChI is InChI=1S/C13H22N2O2S/c1-4-7-8-15(6-3)9-10-12(13(16)17)14-11(5-2)18-10/h4-9H2,1-3H3,(H,16,17). The first-order chi connectivity index (χ1) is 8.62. The van der Waals surface area contributed by atoms with Crippen LogP contribution in [0.2, 0.25) is 0 Å². The summed E-state index contributed by atoms with van der Waals surface area (Å²) in [6.45, 7) is 8.94. The van der Waals surface area contributed by atoms with Crippen molar-refractivity contribution in [2.24, 2.45) is 0 Å². The minimum absolute atomic E-state index is 0.242. The molecule has 0 aliphatic carbocycles. The number of aromatic carboxylic acids is 1. The molecule has 0 amide bonds. The van der Waals surface area contributed by atoms with Crippen LogP contribution in [0.4, 0.5) is 0 Å². The summed E-state index contributed by atoms with van der Waals surface area (Å²) in [7, 11) is 0. The van der Waals surface area contributed by atoms with Gasteiger partial charge in [0.2, 0.25) is 0 Å². The quantitative estimate of drug-likeness (QED) is 0.789. The molecule has 0 saturated heterocycles. The summed E-state index contributed by atoms with van der Waals surface area (Å²) in [6, 6.07) is 0. The second kappa shape index (κ2) is 7.48. The molecule has 0 unspecified atom stereocenters. The first-order valence-corrected chi connectivity index (χ1v) is 7.38. The van der Waals surface area contributed by atoms with E-state index < -0.39 is 5.97 Å². The minimum atomic E-state index is -0.910. The van der Waals surface area contributed by atoms with Crippen LogP contribution in [0.1, 0.15) is 54.0 Å². The Hall–Kier alpha value is -0.940. The fraction of sp³-hybridized carbons (Fsp3) is 0.692. The van der Waals surface area contributed by atoms with Crippen molar-refractivity contribution < 1.29 is 9.90 Å². The highest BCUT2D eigenvalue weighted by Gasteiger charge is 2.18. The van der Waals surface area contributed by atoms with Crippen LogP contribution in [-0.4, -0.2) is 34.0 Å². The number of nitrogens with zero attached hydrogens (tertiary/aromatic N) is 2. The molecule has 0 spiro atoms. The van der Waals surface area contributed by atoms with Gasteiger partial charge < -0.3 is 5.11 Å². The number of aryl methyl sites for hydroxylation is 1. The lowest BCUT2D eigenvalue weighted by Crippen LogP contribution is -2.24. The zero-order valence-electron chi connectivity index (χ0n) is 11.4. The number of hydrogen-bond donors (Lipinski definition) is 1. The van der Waals surface area contributed by atoms with Crippen LogP contribution in [0.3, 0.4) is 0 Å². The lowest BCUT2D eigenvalue weighted by Gasteiger charge is -2.19. The third-order valence-corrected chi connectivity index (χ3v) is 4.07. The van der Waals surface area contributed by atoms with E-state index in [4.69, 9.17) is 5.11 Å². The summed E-state index contributed by atoms with van der Waals surface area (Å²) in [5.74, 6) is -0.910. The van der Waals surface area contributed by atoms with Crippen LogP contribution < -0.4 is 0 Å². The summed E-state index contributed by atoms with van der Waals surface area (Å²) in [5.41, 5.74) is 0.242. The maximum Gasteiger partial charge on any atom is 0.355 e. The minimum Gasteiger partial charge on any atom is -0.476 e. The number of unbranched alkanes of at least 4 members (excludes halogenated alkanes) is 1. The summed E-state index contributed by atoms with van der Waals surface area (Å²) < 4.78 is 0. The van der Waals surface area contributed by atoms with Gasteiger partial charge in [0.25, 0.3) is 0 Å². The molecule has 0 bridgehead atoms. The van der Waals surface area contributed by atoms with Crippen molar-refractivity contribution in [3.8, 4) is 0 Å². The Balaban J connectivity index is 2.80. The Labute approximate surface area is 113 Å². The van der Waals surface area contributed by atoms with Crippen molar-refractivity contribution in [2.75, 3.05) is 13.1 Å². The molecular formula is C13H22N2O2S. The topological polar surface area (TPSA) is 53.4 Å². The predicted molar refractivity (Wildman–Crippen MR) is 74.3 cm³/mol. The van der Waals surface area contributed by atoms with E-state index in [1.807, 2.05) is 6.92 Å². The normalized spacial score (nSPS) is 11.1. The van der Waals surface area contributed by atoms with Crippen LogP contribution in [0.25, 0.3) is 0 Å². The number of rotatable bonds is 8. The molecule has 102 valence electrons. The number of carboxylic acids is 1. The van der Waals surface area contributed by atoms with E-state index in [0.717, 1.165) is 42.2 Å². The number of aromatic nitrogens is 1. The van der Waals surface area contributed by atoms with Crippen LogP contribution in [0.5, 0.6) is 0 Å². The Morgan fingerprint density at radius 2 is 2.11 bits per heavy atom. The van der Waals surface area contributed by atoms with Gasteiger partial charge in [-0.15, -0.1) is 11.3 Å². The fourth-order valence-electron chi connectivity index (χ4n) is 1.76. The number of hydrogen-bond acceptors (Lipinski definition) is 4. The molecule has 4 nitrogen and oxygen atoms in total. The second-order valence-electron chi connectivity index (χ2n) is 4.26. The van der Waals surface area contributed by atoms with Crippen LogP contribution in [0.15, 0.2) is 0 Å². The summed E-state index contributed by atoms with van der Waals surface area (Å²) in [6.07, 6.45) is 3.10. The van der Waals surface area contributed by atoms with Gasteiger partial charge in [0.05, 0.1) is 9.88 Å². The van der Waals surface area contributed by atoms with Crippen molar-refractivity contribution >= 4 is 17.3 Å². The van der Waals surface area contributed by atoms with E-state index in [-0.39, 0.29) is 5.69 Å². The van der Waals surface area contributed by atoms with Gasteiger partial charge in [0.1, 0.15) is 0 Å². The van der Waals surface area contributed by atoms with Crippen molar-refractivity contribution in [1.82, 2.24) is 9.88 Å². The lowest BCUT2D eigenvalue weighted by molar-refractivity contribution is 0.0689. The second-order valence-corrected chi connectivity index (χ2v) is 5.43. The van der Waals surface area contributed by atoms with Crippen molar-refractivity contribution in [2.45, 2.75) is 46.6 Å². The van der Waals surface area contributed by atoms with Crippen LogP contribution >= 0.6 is 11.3 Å². The van der Waals surface area contributed by atoms with E-state index >= 15 is 0 Å². The van der Waals surface area contributed by atoms with Gasteiger partial charge in [-0.25, -0.2) is 9.78 Å². The number of carbonyl (C=O) groups is 1. The number of thiazole rings is 1. The fourth-order valence-corrected chi connectivity index (χ4v) is 2.80. The van der Waals surface area contributed by atoms with Gasteiger partial charge in [0.15, 0.2) is 5.69 Å². The third kappa shape index (κ3) is 4.07. The first-order valence-electron chi connectivity index (χ1n) is 6.56.